The maximum atomic E-state index is 9.33. The quantitative estimate of drug-likeness (QED) is 0.878. The zero-order valence-electron chi connectivity index (χ0n) is 9.25. The van der Waals surface area contributed by atoms with E-state index in [1.54, 1.807) is 18.4 Å². The first-order chi connectivity index (χ1) is 7.69. The van der Waals surface area contributed by atoms with Crippen LogP contribution < -0.4 is 10.1 Å². The van der Waals surface area contributed by atoms with Gasteiger partial charge in [0.2, 0.25) is 0 Å². The first-order valence-electron chi connectivity index (χ1n) is 5.37. The average molecular weight is 306 g/mol. The van der Waals surface area contributed by atoms with Crippen molar-refractivity contribution in [1.29, 1.82) is 0 Å². The van der Waals surface area contributed by atoms with Gasteiger partial charge in [0.25, 0.3) is 0 Å². The molecule has 1 aromatic rings. The molecule has 1 fully saturated rings. The third-order valence-electron chi connectivity index (χ3n) is 3.14. The molecule has 0 aliphatic heterocycles. The van der Waals surface area contributed by atoms with Gasteiger partial charge in [0.1, 0.15) is 0 Å². The molecule has 1 heterocycles. The van der Waals surface area contributed by atoms with Crippen molar-refractivity contribution in [2.45, 2.75) is 31.3 Å². The normalized spacial score (nSPS) is 18.2. The van der Waals surface area contributed by atoms with E-state index in [9.17, 15) is 5.11 Å². The summed E-state index contributed by atoms with van der Waals surface area (Å²) in [5.41, 5.74) is -0.0241. The van der Waals surface area contributed by atoms with Crippen molar-refractivity contribution in [3.05, 3.63) is 15.4 Å². The van der Waals surface area contributed by atoms with Crippen LogP contribution in [0.3, 0.4) is 0 Å². The molecule has 0 saturated heterocycles. The van der Waals surface area contributed by atoms with Crippen LogP contribution in [-0.4, -0.2) is 24.4 Å². The zero-order chi connectivity index (χ0) is 11.6. The van der Waals surface area contributed by atoms with E-state index in [1.807, 2.05) is 0 Å². The molecule has 0 atom stereocenters. The molecule has 5 heteroatoms. The lowest BCUT2D eigenvalue weighted by Gasteiger charge is -2.41. The Hall–Kier alpha value is -0.100. The smallest absolute Gasteiger partial charge is 0.188 e. The van der Waals surface area contributed by atoms with Crippen molar-refractivity contribution >= 4 is 27.3 Å². The largest absolute Gasteiger partial charge is 0.486 e. The van der Waals surface area contributed by atoms with Gasteiger partial charge in [-0.15, -0.1) is 11.3 Å². The van der Waals surface area contributed by atoms with E-state index >= 15 is 0 Å². The van der Waals surface area contributed by atoms with Crippen LogP contribution in [0, 0.1) is 0 Å². The standard InChI is InChI=1S/C11H16BrNO2S/c1-15-10-9(12)5-8(16-10)6-13-11(7-14)3-2-4-11/h5,13-14H,2-4,6-7H2,1H3. The maximum absolute atomic E-state index is 9.33. The Balaban J connectivity index is 1.93. The molecule has 1 aromatic heterocycles. The molecule has 90 valence electrons. The Morgan fingerprint density at radius 3 is 2.81 bits per heavy atom. The first-order valence-corrected chi connectivity index (χ1v) is 6.98. The molecular weight excluding hydrogens is 290 g/mol. The fraction of sp³-hybridized carbons (Fsp3) is 0.636. The number of hydrogen-bond donors (Lipinski definition) is 2. The number of hydrogen-bond acceptors (Lipinski definition) is 4. The molecule has 1 saturated carbocycles. The fourth-order valence-electron chi connectivity index (χ4n) is 1.89. The van der Waals surface area contributed by atoms with Gasteiger partial charge in [-0.05, 0) is 41.3 Å². The molecule has 1 aliphatic carbocycles. The van der Waals surface area contributed by atoms with Crippen LogP contribution in [0.25, 0.3) is 0 Å². The number of aliphatic hydroxyl groups is 1. The summed E-state index contributed by atoms with van der Waals surface area (Å²) in [7, 11) is 1.68. The summed E-state index contributed by atoms with van der Waals surface area (Å²) in [6.45, 7) is 1.03. The van der Waals surface area contributed by atoms with E-state index in [1.165, 1.54) is 11.3 Å². The maximum Gasteiger partial charge on any atom is 0.188 e. The highest BCUT2D eigenvalue weighted by molar-refractivity contribution is 9.10. The molecule has 0 unspecified atom stereocenters. The highest BCUT2D eigenvalue weighted by Crippen LogP contribution is 2.36. The molecule has 2 rings (SSSR count). The van der Waals surface area contributed by atoms with Crippen LogP contribution in [0.2, 0.25) is 0 Å². The second-order valence-electron chi connectivity index (χ2n) is 4.20. The van der Waals surface area contributed by atoms with E-state index in [2.05, 4.69) is 27.3 Å². The van der Waals surface area contributed by atoms with Crippen molar-refractivity contribution in [1.82, 2.24) is 5.32 Å². The third kappa shape index (κ3) is 2.42. The van der Waals surface area contributed by atoms with Crippen LogP contribution in [0.1, 0.15) is 24.1 Å². The van der Waals surface area contributed by atoms with Crippen molar-refractivity contribution in [3.63, 3.8) is 0 Å². The number of methoxy groups -OCH3 is 1. The second kappa shape index (κ2) is 5.04. The van der Waals surface area contributed by atoms with Crippen molar-refractivity contribution in [2.24, 2.45) is 0 Å². The molecular formula is C11H16BrNO2S. The summed E-state index contributed by atoms with van der Waals surface area (Å²) in [4.78, 5) is 1.23. The predicted molar refractivity (Wildman–Crippen MR) is 69.1 cm³/mol. The Kier molecular flexibility index (Phi) is 3.89. The Labute approximate surface area is 108 Å². The van der Waals surface area contributed by atoms with E-state index < -0.39 is 0 Å². The summed E-state index contributed by atoms with van der Waals surface area (Å²) in [5.74, 6) is 0. The van der Waals surface area contributed by atoms with Crippen LogP contribution >= 0.6 is 27.3 Å². The van der Waals surface area contributed by atoms with Crippen LogP contribution in [0.4, 0.5) is 0 Å². The number of nitrogens with one attached hydrogen (secondary N) is 1. The van der Waals surface area contributed by atoms with E-state index in [-0.39, 0.29) is 12.1 Å². The van der Waals surface area contributed by atoms with Gasteiger partial charge in [-0.2, -0.15) is 0 Å². The first kappa shape index (κ1) is 12.4. The molecule has 2 N–H and O–H groups in total. The van der Waals surface area contributed by atoms with Crippen molar-refractivity contribution in [3.8, 4) is 5.06 Å². The molecule has 16 heavy (non-hydrogen) atoms. The lowest BCUT2D eigenvalue weighted by atomic mass is 9.77. The molecule has 3 nitrogen and oxygen atoms in total. The van der Waals surface area contributed by atoms with E-state index in [4.69, 9.17) is 4.74 Å². The summed E-state index contributed by atoms with van der Waals surface area (Å²) in [5, 5.41) is 13.7. The molecule has 1 aliphatic rings. The fourth-order valence-corrected chi connectivity index (χ4v) is 3.52. The SMILES string of the molecule is COc1sc(CNC2(CO)CCC2)cc1Br. The molecule has 0 aromatic carbocycles. The lowest BCUT2D eigenvalue weighted by molar-refractivity contribution is 0.0875. The van der Waals surface area contributed by atoms with Gasteiger partial charge >= 0.3 is 0 Å². The highest BCUT2D eigenvalue weighted by atomic mass is 79.9. The number of thiophene rings is 1. The Morgan fingerprint density at radius 1 is 1.62 bits per heavy atom. The van der Waals surface area contributed by atoms with Gasteiger partial charge in [-0.1, -0.05) is 0 Å². The minimum absolute atomic E-state index is 0.0241. The third-order valence-corrected chi connectivity index (χ3v) is 5.09. The number of rotatable bonds is 5. The van der Waals surface area contributed by atoms with E-state index in [0.717, 1.165) is 28.9 Å². The molecule has 0 radical (unpaired) electrons. The molecule has 0 bridgehead atoms. The van der Waals surface area contributed by atoms with Crippen molar-refractivity contribution in [2.75, 3.05) is 13.7 Å². The Bertz CT molecular complexity index is 357. The lowest BCUT2D eigenvalue weighted by Crippen LogP contribution is -2.53. The van der Waals surface area contributed by atoms with Gasteiger partial charge < -0.3 is 15.2 Å². The van der Waals surface area contributed by atoms with Gasteiger partial charge in [-0.3, -0.25) is 0 Å². The average Bonchev–Trinajstić information content (AvgIpc) is 2.58. The van der Waals surface area contributed by atoms with E-state index in [0.29, 0.717) is 0 Å². The second-order valence-corrected chi connectivity index (χ2v) is 6.15. The van der Waals surface area contributed by atoms with Gasteiger partial charge in [-0.25, -0.2) is 0 Å². The summed E-state index contributed by atoms with van der Waals surface area (Å²) < 4.78 is 6.22. The molecule has 0 spiro atoms. The number of aliphatic hydroxyl groups excluding tert-OH is 1. The van der Waals surface area contributed by atoms with Crippen LogP contribution in [0.5, 0.6) is 5.06 Å². The van der Waals surface area contributed by atoms with Crippen molar-refractivity contribution < 1.29 is 9.84 Å². The van der Waals surface area contributed by atoms with Gasteiger partial charge in [0.15, 0.2) is 5.06 Å². The number of halogens is 1. The van der Waals surface area contributed by atoms with Crippen LogP contribution in [0.15, 0.2) is 10.5 Å². The predicted octanol–water partition coefficient (Wildman–Crippen LogP) is 2.52. The number of ether oxygens (including phenoxy) is 1. The minimum Gasteiger partial charge on any atom is -0.486 e. The topological polar surface area (TPSA) is 41.5 Å². The zero-order valence-corrected chi connectivity index (χ0v) is 11.7. The summed E-state index contributed by atoms with van der Waals surface area (Å²) >= 11 is 5.09. The highest BCUT2D eigenvalue weighted by Gasteiger charge is 2.35. The Morgan fingerprint density at radius 2 is 2.38 bits per heavy atom. The summed E-state index contributed by atoms with van der Waals surface area (Å²) in [6, 6.07) is 2.07. The minimum atomic E-state index is -0.0241. The monoisotopic (exact) mass is 305 g/mol. The van der Waals surface area contributed by atoms with Gasteiger partial charge in [0, 0.05) is 17.0 Å². The molecule has 0 amide bonds. The van der Waals surface area contributed by atoms with Gasteiger partial charge in [0.05, 0.1) is 18.2 Å². The summed E-state index contributed by atoms with van der Waals surface area (Å²) in [6.07, 6.45) is 3.37. The van der Waals surface area contributed by atoms with Crippen LogP contribution in [-0.2, 0) is 6.54 Å².